The summed E-state index contributed by atoms with van der Waals surface area (Å²) in [7, 11) is 0. The molecule has 0 aliphatic carbocycles. The maximum Gasteiger partial charge on any atom is 0.328 e. The lowest BCUT2D eigenvalue weighted by Gasteiger charge is -2.27. The third-order valence-corrected chi connectivity index (χ3v) is 10.5. The molecular formula is C46H62N12O12. The number of guanidine groups is 1. The average Bonchev–Trinajstić information content (AvgIpc) is 3.33. The van der Waals surface area contributed by atoms with Crippen LogP contribution in [-0.2, 0) is 62.4 Å². The second-order valence-corrected chi connectivity index (χ2v) is 16.1. The van der Waals surface area contributed by atoms with Gasteiger partial charge in [0.25, 0.3) is 0 Å². The molecule has 8 atom stereocenters. The smallest absolute Gasteiger partial charge is 0.328 e. The van der Waals surface area contributed by atoms with Crippen molar-refractivity contribution in [3.05, 3.63) is 108 Å². The molecule has 0 fully saturated rings. The summed E-state index contributed by atoms with van der Waals surface area (Å²) in [5, 5.41) is 55.5. The van der Waals surface area contributed by atoms with Crippen molar-refractivity contribution in [1.29, 1.82) is 5.41 Å². The second kappa shape index (κ2) is 29.0. The van der Waals surface area contributed by atoms with E-state index < -0.39 is 121 Å². The summed E-state index contributed by atoms with van der Waals surface area (Å²) in [6.07, 6.45) is -1.03. The average molecular weight is 975 g/mol. The number of carboxylic acids is 1. The molecule has 0 aliphatic rings. The van der Waals surface area contributed by atoms with E-state index in [4.69, 9.17) is 22.6 Å². The van der Waals surface area contributed by atoms with Gasteiger partial charge in [-0.1, -0.05) is 91.0 Å². The number of rotatable bonds is 29. The van der Waals surface area contributed by atoms with E-state index in [1.54, 1.807) is 91.0 Å². The van der Waals surface area contributed by atoms with Crippen LogP contribution in [0.3, 0.4) is 0 Å². The number of aliphatic hydroxyl groups excluding tert-OH is 2. The van der Waals surface area contributed by atoms with Gasteiger partial charge >= 0.3 is 5.97 Å². The molecule has 3 aromatic rings. The highest BCUT2D eigenvalue weighted by molar-refractivity contribution is 5.99. The maximum atomic E-state index is 14.3. The monoisotopic (exact) mass is 974 g/mol. The molecule has 378 valence electrons. The predicted molar refractivity (Wildman–Crippen MR) is 252 cm³/mol. The molecule has 0 unspecified atom stereocenters. The van der Waals surface area contributed by atoms with Crippen LogP contribution in [0.1, 0.15) is 42.9 Å². The van der Waals surface area contributed by atoms with E-state index in [2.05, 4.69) is 42.5 Å². The van der Waals surface area contributed by atoms with Gasteiger partial charge in [0.15, 0.2) is 5.96 Å². The first-order valence-corrected chi connectivity index (χ1v) is 22.1. The second-order valence-electron chi connectivity index (χ2n) is 16.1. The number of hydrogen-bond donors (Lipinski definition) is 15. The Bertz CT molecular complexity index is 2260. The number of benzene rings is 3. The topological polar surface area (TPSA) is 412 Å². The van der Waals surface area contributed by atoms with Crippen LogP contribution in [0.2, 0.25) is 0 Å². The van der Waals surface area contributed by atoms with E-state index >= 15 is 0 Å². The summed E-state index contributed by atoms with van der Waals surface area (Å²) in [5.74, 6) is -9.43. The van der Waals surface area contributed by atoms with Crippen molar-refractivity contribution in [2.24, 2.45) is 17.2 Å². The van der Waals surface area contributed by atoms with Crippen molar-refractivity contribution in [2.45, 2.75) is 93.8 Å². The zero-order valence-corrected chi connectivity index (χ0v) is 38.4. The Balaban J connectivity index is 1.89. The van der Waals surface area contributed by atoms with E-state index in [0.29, 0.717) is 16.7 Å². The third-order valence-electron chi connectivity index (χ3n) is 10.5. The van der Waals surface area contributed by atoms with Crippen molar-refractivity contribution in [3.8, 4) is 0 Å². The van der Waals surface area contributed by atoms with Crippen LogP contribution >= 0.6 is 0 Å². The quantitative estimate of drug-likeness (QED) is 0.0178. The molecule has 24 heteroatoms. The van der Waals surface area contributed by atoms with Crippen molar-refractivity contribution in [1.82, 2.24) is 42.5 Å². The first-order chi connectivity index (χ1) is 33.3. The molecule has 0 saturated heterocycles. The molecule has 3 aromatic carbocycles. The zero-order chi connectivity index (χ0) is 51.8. The molecule has 0 aromatic heterocycles. The summed E-state index contributed by atoms with van der Waals surface area (Å²) in [6, 6.07) is 13.4. The van der Waals surface area contributed by atoms with E-state index in [0.717, 1.165) is 0 Å². The summed E-state index contributed by atoms with van der Waals surface area (Å²) in [6.45, 7) is -0.295. The number of aliphatic hydroxyl groups is 2. The fourth-order valence-electron chi connectivity index (χ4n) is 6.70. The Morgan fingerprint density at radius 1 is 0.514 bits per heavy atom. The molecule has 0 saturated carbocycles. The lowest BCUT2D eigenvalue weighted by Crippen LogP contribution is -2.61. The Kier molecular flexibility index (Phi) is 23.4. The Morgan fingerprint density at radius 2 is 0.886 bits per heavy atom. The number of hydrogen-bond acceptors (Lipinski definition) is 13. The molecule has 0 bridgehead atoms. The van der Waals surface area contributed by atoms with E-state index in [1.165, 1.54) is 6.92 Å². The Labute approximate surface area is 403 Å². The van der Waals surface area contributed by atoms with E-state index in [9.17, 15) is 58.5 Å². The van der Waals surface area contributed by atoms with Gasteiger partial charge in [-0.2, -0.15) is 0 Å². The number of carbonyl (C=O) groups excluding carboxylic acids is 8. The molecule has 24 nitrogen and oxygen atoms in total. The van der Waals surface area contributed by atoms with Gasteiger partial charge < -0.3 is 75.1 Å². The fraction of sp³-hybridized carbons (Fsp3) is 0.391. The first-order valence-electron chi connectivity index (χ1n) is 22.1. The normalized spacial score (nSPS) is 14.2. The van der Waals surface area contributed by atoms with Crippen molar-refractivity contribution < 1.29 is 58.5 Å². The lowest BCUT2D eigenvalue weighted by atomic mass is 10.0. The SMILES string of the molecule is C[C@H](NC(=O)[C@H](CC(N)=O)NC(=O)[C@H](Cc1ccccc1)NC(=O)[C@H](Cc1ccccc1)NC(=O)[C@H](CCCNC(=N)N)NC(=O)[C@@H](N)CO)C(=O)N[C@@H](Cc1ccccc1)C(=O)N[C@@H](CO)C(=O)O. The van der Waals surface area contributed by atoms with Crippen LogP contribution < -0.4 is 59.7 Å². The minimum atomic E-state index is -1.73. The number of amides is 8. The summed E-state index contributed by atoms with van der Waals surface area (Å²) in [4.78, 5) is 120. The highest BCUT2D eigenvalue weighted by atomic mass is 16.4. The van der Waals surface area contributed by atoms with Gasteiger partial charge in [0.1, 0.15) is 48.3 Å². The standard InChI is InChI=1S/C46H62N12O12/c1-26(38(62)54-32(20-27-12-5-2-6-13-27)44(68)58-36(25-60)45(69)70)52-41(65)35(23-37(48)61)57-43(67)34(22-29-16-9-4-10-17-29)56-42(66)33(21-28-14-7-3-8-15-28)55-40(64)31(18-11-19-51-46(49)50)53-39(63)30(47)24-59/h2-10,12-17,26,30-36,59-60H,11,18-25,47H2,1H3,(H2,48,61)(H,52,65)(H,53,63)(H,54,62)(H,55,64)(H,56,66)(H,57,67)(H,58,68)(H,69,70)(H4,49,50,51)/t26-,30-,31-,32-,33-,34-,35-,36-/m0/s1. The van der Waals surface area contributed by atoms with Crippen molar-refractivity contribution >= 4 is 59.2 Å². The highest BCUT2D eigenvalue weighted by Gasteiger charge is 2.34. The minimum absolute atomic E-state index is 0.0280. The van der Waals surface area contributed by atoms with Crippen molar-refractivity contribution in [2.75, 3.05) is 19.8 Å². The number of primary amides is 1. The predicted octanol–water partition coefficient (Wildman–Crippen LogP) is -4.34. The van der Waals surface area contributed by atoms with Gasteiger partial charge in [-0.3, -0.25) is 43.8 Å². The highest BCUT2D eigenvalue weighted by Crippen LogP contribution is 2.10. The van der Waals surface area contributed by atoms with E-state index in [-0.39, 0.29) is 44.6 Å². The van der Waals surface area contributed by atoms with Crippen LogP contribution in [0.5, 0.6) is 0 Å². The van der Waals surface area contributed by atoms with Crippen LogP contribution in [0.4, 0.5) is 0 Å². The third kappa shape index (κ3) is 19.7. The molecule has 0 radical (unpaired) electrons. The summed E-state index contributed by atoms with van der Waals surface area (Å²) < 4.78 is 0. The maximum absolute atomic E-state index is 14.3. The van der Waals surface area contributed by atoms with Crippen LogP contribution in [0.25, 0.3) is 0 Å². The van der Waals surface area contributed by atoms with Gasteiger partial charge in [-0.05, 0) is 36.5 Å². The summed E-state index contributed by atoms with van der Waals surface area (Å²) >= 11 is 0. The van der Waals surface area contributed by atoms with Crippen LogP contribution in [0, 0.1) is 5.41 Å². The fourth-order valence-corrected chi connectivity index (χ4v) is 6.70. The number of carboxylic acid groups (broad SMARTS) is 1. The molecule has 0 spiro atoms. The largest absolute Gasteiger partial charge is 0.480 e. The molecule has 3 rings (SSSR count). The Morgan fingerprint density at radius 3 is 1.27 bits per heavy atom. The lowest BCUT2D eigenvalue weighted by molar-refractivity contribution is -0.143. The molecule has 0 aliphatic heterocycles. The number of nitrogens with one attached hydrogen (secondary N) is 9. The molecular weight excluding hydrogens is 913 g/mol. The summed E-state index contributed by atoms with van der Waals surface area (Å²) in [5.41, 5.74) is 18.2. The first kappa shape index (κ1) is 56.4. The number of aliphatic carboxylic acids is 1. The van der Waals surface area contributed by atoms with Gasteiger partial charge in [-0.15, -0.1) is 0 Å². The van der Waals surface area contributed by atoms with Crippen LogP contribution in [-0.4, -0.2) is 143 Å². The zero-order valence-electron chi connectivity index (χ0n) is 38.4. The molecule has 18 N–H and O–H groups in total. The van der Waals surface area contributed by atoms with Gasteiger partial charge in [0, 0.05) is 25.8 Å². The van der Waals surface area contributed by atoms with Crippen LogP contribution in [0.15, 0.2) is 91.0 Å². The van der Waals surface area contributed by atoms with Gasteiger partial charge in [-0.25, -0.2) is 4.79 Å². The molecule has 0 heterocycles. The van der Waals surface area contributed by atoms with Crippen molar-refractivity contribution in [3.63, 3.8) is 0 Å². The number of carbonyl (C=O) groups is 9. The Hall–Kier alpha value is -7.96. The van der Waals surface area contributed by atoms with Gasteiger partial charge in [0.2, 0.25) is 47.3 Å². The molecule has 70 heavy (non-hydrogen) atoms. The number of nitrogens with two attached hydrogens (primary N) is 3. The minimum Gasteiger partial charge on any atom is -0.480 e. The van der Waals surface area contributed by atoms with E-state index in [1.807, 2.05) is 0 Å². The van der Waals surface area contributed by atoms with Gasteiger partial charge in [0.05, 0.1) is 19.6 Å². The molecule has 8 amide bonds.